The van der Waals surface area contributed by atoms with Crippen molar-refractivity contribution in [2.45, 2.75) is 50.1 Å². The van der Waals surface area contributed by atoms with E-state index in [4.69, 9.17) is 18.9 Å². The second-order valence-electron chi connectivity index (χ2n) is 8.19. The van der Waals surface area contributed by atoms with E-state index in [2.05, 4.69) is 10.6 Å². The second-order valence-corrected chi connectivity index (χ2v) is 8.19. The number of ether oxygens (including phenoxy) is 4. The van der Waals surface area contributed by atoms with Gasteiger partial charge in [-0.25, -0.2) is 0 Å². The quantitative estimate of drug-likeness (QED) is 0.293. The molecule has 1 aromatic carbocycles. The molecule has 0 spiro atoms. The van der Waals surface area contributed by atoms with Crippen molar-refractivity contribution in [3.8, 4) is 11.5 Å². The highest BCUT2D eigenvalue weighted by Gasteiger charge is 2.19. The van der Waals surface area contributed by atoms with Gasteiger partial charge in [0.25, 0.3) is 0 Å². The highest BCUT2D eigenvalue weighted by atomic mass is 16.5. The van der Waals surface area contributed by atoms with Gasteiger partial charge in [-0.1, -0.05) is 0 Å². The molecule has 2 aliphatic heterocycles. The molecule has 170 valence electrons. The van der Waals surface area contributed by atoms with Gasteiger partial charge in [-0.05, 0) is 49.9 Å². The van der Waals surface area contributed by atoms with Crippen molar-refractivity contribution in [3.63, 3.8) is 0 Å². The van der Waals surface area contributed by atoms with Crippen LogP contribution in [0.5, 0.6) is 11.5 Å². The Kier molecular flexibility index (Phi) is 10.1. The van der Waals surface area contributed by atoms with Crippen LogP contribution in [0.2, 0.25) is 0 Å². The first-order chi connectivity index (χ1) is 14.7. The smallest absolute Gasteiger partial charge is 0.137 e. The molecular formula is C22H38N2O6+2. The van der Waals surface area contributed by atoms with Crippen molar-refractivity contribution in [2.75, 3.05) is 52.6 Å². The largest absolute Gasteiger partial charge is 0.491 e. The van der Waals surface area contributed by atoms with E-state index in [-0.39, 0.29) is 13.2 Å². The minimum Gasteiger partial charge on any atom is -0.491 e. The second kappa shape index (κ2) is 13.1. The lowest BCUT2D eigenvalue weighted by Gasteiger charge is -2.14. The van der Waals surface area contributed by atoms with Crippen LogP contribution in [0, 0.1) is 0 Å². The Hall–Kier alpha value is -1.42. The summed E-state index contributed by atoms with van der Waals surface area (Å²) in [5.74, 6) is 1.37. The molecule has 0 unspecified atom stereocenters. The molecule has 2 fully saturated rings. The Labute approximate surface area is 178 Å². The van der Waals surface area contributed by atoms with Crippen LogP contribution in [0.15, 0.2) is 24.3 Å². The lowest BCUT2D eigenvalue weighted by atomic mass is 10.2. The minimum atomic E-state index is -0.525. The van der Waals surface area contributed by atoms with Crippen molar-refractivity contribution >= 4 is 0 Å². The van der Waals surface area contributed by atoms with Gasteiger partial charge in [-0.2, -0.15) is 0 Å². The summed E-state index contributed by atoms with van der Waals surface area (Å²) in [7, 11) is 0. The maximum Gasteiger partial charge on any atom is 0.137 e. The summed E-state index contributed by atoms with van der Waals surface area (Å²) in [6, 6.07) is 7.25. The zero-order valence-corrected chi connectivity index (χ0v) is 17.8. The Balaban J connectivity index is 1.23. The molecule has 8 nitrogen and oxygen atoms in total. The van der Waals surface area contributed by atoms with Gasteiger partial charge in [0.15, 0.2) is 0 Å². The Bertz CT molecular complexity index is 524. The summed E-state index contributed by atoms with van der Waals surface area (Å²) in [6.45, 7) is 5.20. The maximum atomic E-state index is 10.1. The number of quaternary nitrogens is 2. The Morgan fingerprint density at radius 1 is 0.800 bits per heavy atom. The van der Waals surface area contributed by atoms with Gasteiger partial charge in [-0.3, -0.25) is 0 Å². The average Bonchev–Trinajstić information content (AvgIpc) is 3.46. The number of hydrogen-bond acceptors (Lipinski definition) is 6. The molecule has 2 heterocycles. The fourth-order valence-electron chi connectivity index (χ4n) is 3.76. The van der Waals surface area contributed by atoms with E-state index in [0.29, 0.717) is 36.8 Å². The molecule has 30 heavy (non-hydrogen) atoms. The summed E-state index contributed by atoms with van der Waals surface area (Å²) in [5, 5.41) is 24.3. The van der Waals surface area contributed by atoms with E-state index in [0.717, 1.165) is 52.0 Å². The summed E-state index contributed by atoms with van der Waals surface area (Å²) in [5.41, 5.74) is 0. The summed E-state index contributed by atoms with van der Waals surface area (Å²) >= 11 is 0. The fourth-order valence-corrected chi connectivity index (χ4v) is 3.76. The number of aliphatic hydroxyl groups excluding tert-OH is 2. The molecule has 4 atom stereocenters. The van der Waals surface area contributed by atoms with Crippen molar-refractivity contribution in [2.24, 2.45) is 0 Å². The molecule has 8 heteroatoms. The van der Waals surface area contributed by atoms with E-state index >= 15 is 0 Å². The van der Waals surface area contributed by atoms with Gasteiger partial charge in [0.2, 0.25) is 0 Å². The number of hydrogen-bond donors (Lipinski definition) is 4. The Morgan fingerprint density at radius 3 is 1.60 bits per heavy atom. The monoisotopic (exact) mass is 426 g/mol. The van der Waals surface area contributed by atoms with Crippen molar-refractivity contribution in [1.82, 2.24) is 0 Å². The predicted molar refractivity (Wildman–Crippen MR) is 111 cm³/mol. The first-order valence-electron chi connectivity index (χ1n) is 11.3. The summed E-state index contributed by atoms with van der Waals surface area (Å²) in [4.78, 5) is 0. The molecule has 6 N–H and O–H groups in total. The van der Waals surface area contributed by atoms with Gasteiger partial charge in [0.05, 0.1) is 0 Å². The first-order valence-corrected chi connectivity index (χ1v) is 11.3. The van der Waals surface area contributed by atoms with Gasteiger partial charge < -0.3 is 39.8 Å². The Morgan fingerprint density at radius 2 is 1.23 bits per heavy atom. The third-order valence-electron chi connectivity index (χ3n) is 5.49. The van der Waals surface area contributed by atoms with E-state index in [1.807, 2.05) is 24.3 Å². The third kappa shape index (κ3) is 8.75. The van der Waals surface area contributed by atoms with E-state index in [9.17, 15) is 10.2 Å². The van der Waals surface area contributed by atoms with Crippen LogP contribution in [0.1, 0.15) is 25.7 Å². The lowest BCUT2D eigenvalue weighted by Crippen LogP contribution is -2.88. The minimum absolute atomic E-state index is 0.251. The van der Waals surface area contributed by atoms with E-state index < -0.39 is 12.2 Å². The van der Waals surface area contributed by atoms with Crippen LogP contribution in [-0.4, -0.2) is 87.2 Å². The number of benzene rings is 1. The first kappa shape index (κ1) is 23.2. The SMILES string of the molecule is O[C@H](C[NH2+]C[C@@H]1CCCO1)COc1ccc(OC[C@H](O)C[NH2+]C[C@@H]2CCCO2)cc1. The van der Waals surface area contributed by atoms with Crippen LogP contribution in [-0.2, 0) is 9.47 Å². The average molecular weight is 427 g/mol. The molecule has 2 saturated heterocycles. The summed E-state index contributed by atoms with van der Waals surface area (Å²) < 4.78 is 22.4. The van der Waals surface area contributed by atoms with Crippen molar-refractivity contribution in [3.05, 3.63) is 24.3 Å². The molecule has 0 aliphatic carbocycles. The number of aliphatic hydroxyl groups is 2. The fraction of sp³-hybridized carbons (Fsp3) is 0.727. The van der Waals surface area contributed by atoms with Crippen molar-refractivity contribution in [1.29, 1.82) is 0 Å². The van der Waals surface area contributed by atoms with E-state index in [1.165, 1.54) is 0 Å². The van der Waals surface area contributed by atoms with Gasteiger partial charge in [0.1, 0.15) is 75.3 Å². The topological polar surface area (TPSA) is 111 Å². The number of rotatable bonds is 14. The zero-order chi connectivity index (χ0) is 21.0. The highest BCUT2D eigenvalue weighted by molar-refractivity contribution is 5.31. The van der Waals surface area contributed by atoms with Crippen LogP contribution in [0.4, 0.5) is 0 Å². The molecule has 3 rings (SSSR count). The molecule has 2 aliphatic rings. The van der Waals surface area contributed by atoms with E-state index in [1.54, 1.807) is 0 Å². The molecule has 1 aromatic rings. The summed E-state index contributed by atoms with van der Waals surface area (Å²) in [6.07, 6.45) is 4.09. The molecule has 0 aromatic heterocycles. The van der Waals surface area contributed by atoms with Crippen LogP contribution < -0.4 is 20.1 Å². The van der Waals surface area contributed by atoms with Gasteiger partial charge in [0, 0.05) is 13.2 Å². The van der Waals surface area contributed by atoms with Crippen LogP contribution in [0.3, 0.4) is 0 Å². The van der Waals surface area contributed by atoms with Gasteiger partial charge in [-0.15, -0.1) is 0 Å². The molecule has 0 saturated carbocycles. The molecule has 0 radical (unpaired) electrons. The predicted octanol–water partition coefficient (Wildman–Crippen LogP) is -1.35. The molecule has 0 bridgehead atoms. The molecular weight excluding hydrogens is 388 g/mol. The number of nitrogens with two attached hydrogens (primary N) is 2. The third-order valence-corrected chi connectivity index (χ3v) is 5.49. The van der Waals surface area contributed by atoms with Crippen LogP contribution in [0.25, 0.3) is 0 Å². The lowest BCUT2D eigenvalue weighted by molar-refractivity contribution is -0.666. The molecule has 0 amide bonds. The standard InChI is InChI=1S/C22H36N2O6/c25-17(11-23-13-21-3-1-9-27-21)15-29-19-5-7-20(8-6-19)30-16-18(26)12-24-14-22-4-2-10-28-22/h5-8,17-18,21-26H,1-4,9-16H2/p+2/t17-,18-,21+,22+/m1/s1. The maximum absolute atomic E-state index is 10.1. The highest BCUT2D eigenvalue weighted by Crippen LogP contribution is 2.18. The van der Waals surface area contributed by atoms with Crippen LogP contribution >= 0.6 is 0 Å². The van der Waals surface area contributed by atoms with Gasteiger partial charge >= 0.3 is 0 Å². The zero-order valence-electron chi connectivity index (χ0n) is 17.8. The van der Waals surface area contributed by atoms with Crippen molar-refractivity contribution < 1.29 is 39.8 Å². The normalized spacial score (nSPS) is 23.4.